The number of carbonyl (C=O) groups excluding carboxylic acids is 1. The van der Waals surface area contributed by atoms with Gasteiger partial charge in [-0.15, -0.1) is 0 Å². The standard InChI is InChI=1S/C19H24F8O7S/c1-10(9-33-6-2-5-16(20,21)35(30,31)32)15(28)34-14(13-8-11-3-4-12(13)7-11)17(29,18(22,23)24)19(25,26)27/h11-14,29H,1-9H2,(H,30,31,32). The summed E-state index contributed by atoms with van der Waals surface area (Å²) in [5.74, 6) is -3.91. The van der Waals surface area contributed by atoms with Gasteiger partial charge in [0.1, 0.15) is 0 Å². The highest BCUT2D eigenvalue weighted by atomic mass is 32.2. The van der Waals surface area contributed by atoms with Crippen molar-refractivity contribution in [2.45, 2.75) is 67.8 Å². The van der Waals surface area contributed by atoms with Crippen LogP contribution < -0.4 is 0 Å². The molecule has 0 amide bonds. The summed E-state index contributed by atoms with van der Waals surface area (Å²) in [6.45, 7) is 1.67. The summed E-state index contributed by atoms with van der Waals surface area (Å²) in [7, 11) is -5.67. The van der Waals surface area contributed by atoms with E-state index < -0.39 is 88.9 Å². The maximum atomic E-state index is 13.5. The summed E-state index contributed by atoms with van der Waals surface area (Å²) in [6.07, 6.45) is -16.3. The third kappa shape index (κ3) is 6.25. The molecule has 0 aromatic rings. The van der Waals surface area contributed by atoms with Gasteiger partial charge in [0.2, 0.25) is 0 Å². The van der Waals surface area contributed by atoms with Gasteiger partial charge in [0.15, 0.2) is 6.10 Å². The first-order chi connectivity index (χ1) is 15.7. The van der Waals surface area contributed by atoms with Crippen LogP contribution in [-0.4, -0.2) is 66.6 Å². The Morgan fingerprint density at radius 1 is 1.03 bits per heavy atom. The van der Waals surface area contributed by atoms with Crippen molar-refractivity contribution in [1.29, 1.82) is 0 Å². The predicted molar refractivity (Wildman–Crippen MR) is 102 cm³/mol. The second-order valence-electron chi connectivity index (χ2n) is 8.80. The van der Waals surface area contributed by atoms with Crippen LogP contribution in [0.4, 0.5) is 35.1 Å². The summed E-state index contributed by atoms with van der Waals surface area (Å²) in [4.78, 5) is 12.3. The Labute approximate surface area is 195 Å². The van der Waals surface area contributed by atoms with E-state index in [2.05, 4.69) is 11.3 Å². The molecule has 204 valence electrons. The fraction of sp³-hybridized carbons (Fsp3) is 0.842. The maximum Gasteiger partial charge on any atom is 0.430 e. The van der Waals surface area contributed by atoms with Crippen LogP contribution in [0.5, 0.6) is 0 Å². The minimum absolute atomic E-state index is 0.109. The van der Waals surface area contributed by atoms with Crippen molar-refractivity contribution in [2.24, 2.45) is 17.8 Å². The van der Waals surface area contributed by atoms with Crippen LogP contribution in [0.25, 0.3) is 0 Å². The molecule has 16 heteroatoms. The normalized spacial score (nSPS) is 24.5. The van der Waals surface area contributed by atoms with E-state index in [1.807, 2.05) is 0 Å². The monoisotopic (exact) mass is 548 g/mol. The predicted octanol–water partition coefficient (Wildman–Crippen LogP) is 4.02. The molecule has 0 radical (unpaired) electrons. The molecule has 35 heavy (non-hydrogen) atoms. The second-order valence-corrected chi connectivity index (χ2v) is 10.3. The molecule has 0 aromatic heterocycles. The van der Waals surface area contributed by atoms with E-state index in [1.165, 1.54) is 0 Å². The number of hydrogen-bond acceptors (Lipinski definition) is 6. The summed E-state index contributed by atoms with van der Waals surface area (Å²) in [5.41, 5.74) is -6.10. The molecule has 0 heterocycles. The van der Waals surface area contributed by atoms with E-state index >= 15 is 0 Å². The van der Waals surface area contributed by atoms with Crippen LogP contribution in [0.1, 0.15) is 38.5 Å². The summed E-state index contributed by atoms with van der Waals surface area (Å²) in [5, 5.41) is 5.45. The lowest BCUT2D eigenvalue weighted by atomic mass is 9.76. The Morgan fingerprint density at radius 3 is 2.03 bits per heavy atom. The number of esters is 1. The fourth-order valence-electron chi connectivity index (χ4n) is 4.59. The van der Waals surface area contributed by atoms with Crippen molar-refractivity contribution in [3.8, 4) is 0 Å². The lowest BCUT2D eigenvalue weighted by molar-refractivity contribution is -0.396. The van der Waals surface area contributed by atoms with Crippen LogP contribution in [0, 0.1) is 17.8 Å². The highest BCUT2D eigenvalue weighted by Gasteiger charge is 2.77. The van der Waals surface area contributed by atoms with E-state index in [-0.39, 0.29) is 12.3 Å². The smallest absolute Gasteiger partial charge is 0.430 e. The Balaban J connectivity index is 2.08. The van der Waals surface area contributed by atoms with Gasteiger partial charge in [0.05, 0.1) is 12.2 Å². The molecule has 0 spiro atoms. The van der Waals surface area contributed by atoms with Crippen LogP contribution in [-0.2, 0) is 24.4 Å². The molecular weight excluding hydrogens is 524 g/mol. The van der Waals surface area contributed by atoms with Gasteiger partial charge in [0.25, 0.3) is 5.60 Å². The van der Waals surface area contributed by atoms with Gasteiger partial charge in [0, 0.05) is 18.9 Å². The third-order valence-electron chi connectivity index (χ3n) is 6.39. The van der Waals surface area contributed by atoms with Crippen molar-refractivity contribution in [2.75, 3.05) is 13.2 Å². The molecule has 2 aliphatic carbocycles. The zero-order valence-corrected chi connectivity index (χ0v) is 18.9. The second kappa shape index (κ2) is 10.1. The molecule has 2 fully saturated rings. The van der Waals surface area contributed by atoms with E-state index in [0.717, 1.165) is 0 Å². The summed E-state index contributed by atoms with van der Waals surface area (Å²) < 4.78 is 146. The first-order valence-electron chi connectivity index (χ1n) is 10.4. The van der Waals surface area contributed by atoms with Gasteiger partial charge >= 0.3 is 33.7 Å². The van der Waals surface area contributed by atoms with Crippen molar-refractivity contribution in [1.82, 2.24) is 0 Å². The van der Waals surface area contributed by atoms with Gasteiger partial charge in [-0.2, -0.15) is 43.5 Å². The van der Waals surface area contributed by atoms with Gasteiger partial charge < -0.3 is 14.6 Å². The molecule has 2 aliphatic rings. The van der Waals surface area contributed by atoms with Crippen molar-refractivity contribution in [3.63, 3.8) is 0 Å². The molecule has 2 saturated carbocycles. The van der Waals surface area contributed by atoms with E-state index in [0.29, 0.717) is 19.3 Å². The SMILES string of the molecule is C=C(COCCCC(F)(F)S(=O)(=O)O)C(=O)OC(C1CC2CCC1C2)C(O)(C(F)(F)F)C(F)(F)F. The van der Waals surface area contributed by atoms with Crippen LogP contribution in [0.2, 0.25) is 0 Å². The molecule has 0 aromatic carbocycles. The largest absolute Gasteiger partial charge is 0.455 e. The molecule has 7 nitrogen and oxygen atoms in total. The number of halogens is 8. The fourth-order valence-corrected chi connectivity index (χ4v) is 4.99. The first-order valence-corrected chi connectivity index (χ1v) is 11.8. The average molecular weight is 548 g/mol. The number of alkyl halides is 8. The Hall–Kier alpha value is -1.52. The van der Waals surface area contributed by atoms with Crippen molar-refractivity contribution < 1.29 is 67.5 Å². The zero-order chi connectivity index (χ0) is 27.0. The Morgan fingerprint density at radius 2 is 1.60 bits per heavy atom. The number of ether oxygens (including phenoxy) is 2. The molecule has 4 unspecified atom stereocenters. The van der Waals surface area contributed by atoms with E-state index in [9.17, 15) is 53.4 Å². The van der Waals surface area contributed by atoms with E-state index in [4.69, 9.17) is 9.29 Å². The Bertz CT molecular complexity index is 886. The van der Waals surface area contributed by atoms with Crippen LogP contribution >= 0.6 is 0 Å². The van der Waals surface area contributed by atoms with Crippen molar-refractivity contribution >= 4 is 16.1 Å². The molecular formula is C19H24F8O7S. The highest BCUT2D eigenvalue weighted by Crippen LogP contribution is 2.56. The number of hydrogen-bond donors (Lipinski definition) is 2. The number of rotatable bonds is 11. The average Bonchev–Trinajstić information content (AvgIpc) is 3.31. The van der Waals surface area contributed by atoms with Gasteiger partial charge in [-0.1, -0.05) is 13.0 Å². The molecule has 2 N–H and O–H groups in total. The minimum Gasteiger partial charge on any atom is -0.455 e. The lowest BCUT2D eigenvalue weighted by Crippen LogP contribution is -2.67. The maximum absolute atomic E-state index is 13.5. The third-order valence-corrected chi connectivity index (χ3v) is 7.35. The summed E-state index contributed by atoms with van der Waals surface area (Å²) >= 11 is 0. The summed E-state index contributed by atoms with van der Waals surface area (Å²) in [6, 6.07) is 0. The van der Waals surface area contributed by atoms with Gasteiger partial charge in [-0.3, -0.25) is 4.55 Å². The zero-order valence-electron chi connectivity index (χ0n) is 18.0. The lowest BCUT2D eigenvalue weighted by Gasteiger charge is -2.42. The van der Waals surface area contributed by atoms with Crippen molar-refractivity contribution in [3.05, 3.63) is 12.2 Å². The Kier molecular flexibility index (Phi) is 8.56. The quantitative estimate of drug-likeness (QED) is 0.132. The topological polar surface area (TPSA) is 110 Å². The number of carbonyl (C=O) groups is 1. The number of fused-ring (bicyclic) bond motifs is 2. The van der Waals surface area contributed by atoms with Gasteiger partial charge in [-0.05, 0) is 37.5 Å². The minimum atomic E-state index is -6.23. The van der Waals surface area contributed by atoms with Gasteiger partial charge in [-0.25, -0.2) is 4.79 Å². The molecule has 2 rings (SSSR count). The van der Waals surface area contributed by atoms with Crippen LogP contribution in [0.3, 0.4) is 0 Å². The molecule has 0 saturated heterocycles. The van der Waals surface area contributed by atoms with Crippen LogP contribution in [0.15, 0.2) is 12.2 Å². The molecule has 4 atom stereocenters. The molecule has 2 bridgehead atoms. The highest BCUT2D eigenvalue weighted by molar-refractivity contribution is 7.86. The first kappa shape index (κ1) is 29.7. The number of aliphatic hydroxyl groups is 1. The van der Waals surface area contributed by atoms with E-state index in [1.54, 1.807) is 0 Å². The molecule has 0 aliphatic heterocycles.